The third kappa shape index (κ3) is 4.14. The van der Waals surface area contributed by atoms with Crippen LogP contribution in [0.3, 0.4) is 0 Å². The molecule has 0 fully saturated rings. The Morgan fingerprint density at radius 2 is 1.96 bits per heavy atom. The molecule has 1 atom stereocenters. The molecule has 7 nitrogen and oxygen atoms in total. The first-order valence-corrected chi connectivity index (χ1v) is 7.37. The highest BCUT2D eigenvalue weighted by molar-refractivity contribution is 5.75. The van der Waals surface area contributed by atoms with E-state index in [0.717, 1.165) is 5.56 Å². The van der Waals surface area contributed by atoms with Crippen LogP contribution in [-0.4, -0.2) is 38.3 Å². The van der Waals surface area contributed by atoms with Crippen molar-refractivity contribution in [3.05, 3.63) is 47.1 Å². The van der Waals surface area contributed by atoms with Gasteiger partial charge in [-0.15, -0.1) is 0 Å². The van der Waals surface area contributed by atoms with Gasteiger partial charge >= 0.3 is 5.97 Å². The van der Waals surface area contributed by atoms with E-state index in [0.29, 0.717) is 17.3 Å². The lowest BCUT2D eigenvalue weighted by atomic mass is 10.0. The molecule has 0 spiro atoms. The third-order valence-electron chi connectivity index (χ3n) is 3.54. The van der Waals surface area contributed by atoms with Crippen LogP contribution in [0.15, 0.2) is 28.8 Å². The SMILES string of the molecule is CC(C)c1noc(CN(C)[C@H](C(=O)O)c2ccc(CO)cc2)n1. The zero-order valence-corrected chi connectivity index (χ0v) is 13.4. The Morgan fingerprint density at radius 1 is 1.30 bits per heavy atom. The number of likely N-dealkylation sites (N-methyl/N-ethyl adjacent to an activating group) is 1. The van der Waals surface area contributed by atoms with E-state index in [4.69, 9.17) is 9.63 Å². The molecule has 1 heterocycles. The maximum Gasteiger partial charge on any atom is 0.325 e. The number of hydrogen-bond donors (Lipinski definition) is 2. The van der Waals surface area contributed by atoms with Gasteiger partial charge in [0.25, 0.3) is 0 Å². The molecule has 1 aromatic heterocycles. The van der Waals surface area contributed by atoms with Crippen molar-refractivity contribution in [1.29, 1.82) is 0 Å². The Balaban J connectivity index is 2.16. The third-order valence-corrected chi connectivity index (χ3v) is 3.54. The van der Waals surface area contributed by atoms with Crippen molar-refractivity contribution in [1.82, 2.24) is 15.0 Å². The van der Waals surface area contributed by atoms with Crippen molar-refractivity contribution < 1.29 is 19.5 Å². The van der Waals surface area contributed by atoms with Gasteiger partial charge in [0.2, 0.25) is 5.89 Å². The number of aliphatic carboxylic acids is 1. The Bertz CT molecular complexity index is 652. The second-order valence-electron chi connectivity index (χ2n) is 5.76. The van der Waals surface area contributed by atoms with E-state index in [9.17, 15) is 9.90 Å². The molecule has 23 heavy (non-hydrogen) atoms. The summed E-state index contributed by atoms with van der Waals surface area (Å²) in [5.74, 6) is 0.175. The van der Waals surface area contributed by atoms with Crippen LogP contribution in [0.2, 0.25) is 0 Å². The average molecular weight is 319 g/mol. The molecule has 0 aliphatic carbocycles. The molecule has 2 aromatic rings. The predicted molar refractivity (Wildman–Crippen MR) is 82.6 cm³/mol. The maximum atomic E-state index is 11.6. The van der Waals surface area contributed by atoms with Gasteiger partial charge in [0, 0.05) is 5.92 Å². The first-order chi connectivity index (χ1) is 10.9. The second kappa shape index (κ2) is 7.34. The molecule has 0 amide bonds. The number of carboxylic acid groups (broad SMARTS) is 1. The quantitative estimate of drug-likeness (QED) is 0.804. The van der Waals surface area contributed by atoms with Crippen molar-refractivity contribution >= 4 is 5.97 Å². The smallest absolute Gasteiger partial charge is 0.325 e. The van der Waals surface area contributed by atoms with Crippen molar-refractivity contribution in [2.24, 2.45) is 0 Å². The van der Waals surface area contributed by atoms with Crippen LogP contribution in [0.4, 0.5) is 0 Å². The predicted octanol–water partition coefficient (Wildman–Crippen LogP) is 1.94. The molecule has 2 N–H and O–H groups in total. The zero-order chi connectivity index (χ0) is 17.0. The molecule has 1 aromatic carbocycles. The molecule has 0 radical (unpaired) electrons. The van der Waals surface area contributed by atoms with Crippen LogP contribution in [0.1, 0.15) is 48.6 Å². The summed E-state index contributed by atoms with van der Waals surface area (Å²) in [6.45, 7) is 4.08. The largest absolute Gasteiger partial charge is 0.480 e. The van der Waals surface area contributed by atoms with Crippen LogP contribution >= 0.6 is 0 Å². The monoisotopic (exact) mass is 319 g/mol. The van der Waals surface area contributed by atoms with E-state index in [1.54, 1.807) is 36.2 Å². The van der Waals surface area contributed by atoms with Gasteiger partial charge in [0.15, 0.2) is 5.82 Å². The van der Waals surface area contributed by atoms with E-state index in [1.807, 2.05) is 13.8 Å². The summed E-state index contributed by atoms with van der Waals surface area (Å²) in [4.78, 5) is 17.5. The minimum Gasteiger partial charge on any atom is -0.480 e. The lowest BCUT2D eigenvalue weighted by Crippen LogP contribution is -2.30. The van der Waals surface area contributed by atoms with Crippen LogP contribution in [-0.2, 0) is 17.9 Å². The van der Waals surface area contributed by atoms with E-state index in [2.05, 4.69) is 10.1 Å². The molecule has 2 rings (SSSR count). The number of carboxylic acids is 1. The molecule has 0 saturated carbocycles. The van der Waals surface area contributed by atoms with Crippen molar-refractivity contribution in [3.63, 3.8) is 0 Å². The number of benzene rings is 1. The van der Waals surface area contributed by atoms with Crippen LogP contribution in [0.5, 0.6) is 0 Å². The minimum absolute atomic E-state index is 0.0756. The van der Waals surface area contributed by atoms with Gasteiger partial charge in [-0.25, -0.2) is 0 Å². The van der Waals surface area contributed by atoms with Gasteiger partial charge in [-0.3, -0.25) is 9.69 Å². The topological polar surface area (TPSA) is 99.7 Å². The summed E-state index contributed by atoms with van der Waals surface area (Å²) in [7, 11) is 1.69. The highest BCUT2D eigenvalue weighted by atomic mass is 16.5. The highest BCUT2D eigenvalue weighted by Crippen LogP contribution is 2.22. The molecular formula is C16H21N3O4. The summed E-state index contributed by atoms with van der Waals surface area (Å²) in [6.07, 6.45) is 0. The van der Waals surface area contributed by atoms with Crippen molar-refractivity contribution in [2.45, 2.75) is 39.0 Å². The number of rotatable bonds is 7. The summed E-state index contributed by atoms with van der Waals surface area (Å²) >= 11 is 0. The van der Waals surface area contributed by atoms with Crippen LogP contribution in [0, 0.1) is 0 Å². The molecule has 0 saturated heterocycles. The molecule has 0 aliphatic heterocycles. The Kier molecular flexibility index (Phi) is 5.46. The zero-order valence-electron chi connectivity index (χ0n) is 13.4. The molecule has 124 valence electrons. The number of carbonyl (C=O) groups is 1. The molecule has 0 aliphatic rings. The molecular weight excluding hydrogens is 298 g/mol. The first kappa shape index (κ1) is 17.1. The van der Waals surface area contributed by atoms with Gasteiger partial charge in [0.1, 0.15) is 6.04 Å². The molecule has 0 unspecified atom stereocenters. The summed E-state index contributed by atoms with van der Waals surface area (Å²) < 4.78 is 5.17. The maximum absolute atomic E-state index is 11.6. The average Bonchev–Trinajstić information content (AvgIpc) is 2.96. The van der Waals surface area contributed by atoms with E-state index in [1.165, 1.54) is 0 Å². The van der Waals surface area contributed by atoms with Crippen LogP contribution in [0.25, 0.3) is 0 Å². The fourth-order valence-electron chi connectivity index (χ4n) is 2.26. The number of aliphatic hydroxyl groups is 1. The second-order valence-corrected chi connectivity index (χ2v) is 5.76. The number of aliphatic hydroxyl groups excluding tert-OH is 1. The van der Waals surface area contributed by atoms with Gasteiger partial charge in [-0.05, 0) is 18.2 Å². The first-order valence-electron chi connectivity index (χ1n) is 7.37. The Morgan fingerprint density at radius 3 is 2.43 bits per heavy atom. The normalized spacial score (nSPS) is 12.8. The number of aromatic nitrogens is 2. The summed E-state index contributed by atoms with van der Waals surface area (Å²) in [6, 6.07) is 5.99. The van der Waals surface area contributed by atoms with E-state index in [-0.39, 0.29) is 19.1 Å². The minimum atomic E-state index is -0.965. The van der Waals surface area contributed by atoms with E-state index >= 15 is 0 Å². The summed E-state index contributed by atoms with van der Waals surface area (Å²) in [5, 5.41) is 22.5. The lowest BCUT2D eigenvalue weighted by Gasteiger charge is -2.23. The van der Waals surface area contributed by atoms with Gasteiger partial charge in [0.05, 0.1) is 13.2 Å². The molecule has 7 heteroatoms. The fourth-order valence-corrected chi connectivity index (χ4v) is 2.26. The van der Waals surface area contributed by atoms with Gasteiger partial charge in [-0.1, -0.05) is 43.3 Å². The fraction of sp³-hybridized carbons (Fsp3) is 0.438. The van der Waals surface area contributed by atoms with Crippen molar-refractivity contribution in [2.75, 3.05) is 7.05 Å². The summed E-state index contributed by atoms with van der Waals surface area (Å²) in [5.41, 5.74) is 1.36. The number of hydrogen-bond acceptors (Lipinski definition) is 6. The van der Waals surface area contributed by atoms with Crippen molar-refractivity contribution in [3.8, 4) is 0 Å². The Hall–Kier alpha value is -2.25. The van der Waals surface area contributed by atoms with Gasteiger partial charge in [-0.2, -0.15) is 4.98 Å². The highest BCUT2D eigenvalue weighted by Gasteiger charge is 2.26. The standard InChI is InChI=1S/C16H21N3O4/c1-10(2)15-17-13(23-18-15)8-19(3)14(16(21)22)12-6-4-11(9-20)5-7-12/h4-7,10,14,20H,8-9H2,1-3H3,(H,21,22)/t14-/m0/s1. The number of nitrogens with zero attached hydrogens (tertiary/aromatic N) is 3. The Labute approximate surface area is 134 Å². The van der Waals surface area contributed by atoms with E-state index < -0.39 is 12.0 Å². The van der Waals surface area contributed by atoms with Gasteiger partial charge < -0.3 is 14.7 Å². The lowest BCUT2D eigenvalue weighted by molar-refractivity contribution is -0.143. The molecule has 0 bridgehead atoms. The van der Waals surface area contributed by atoms with Crippen LogP contribution < -0.4 is 0 Å².